The fourth-order valence-electron chi connectivity index (χ4n) is 4.11. The lowest BCUT2D eigenvalue weighted by Crippen LogP contribution is -2.29. The van der Waals surface area contributed by atoms with E-state index in [9.17, 15) is 4.79 Å². The lowest BCUT2D eigenvalue weighted by Gasteiger charge is -2.29. The molecule has 1 saturated carbocycles. The maximum absolute atomic E-state index is 12.5. The number of nitrogens with zero attached hydrogens (tertiary/aromatic N) is 2. The number of hydrogen-bond acceptors (Lipinski definition) is 2. The van der Waals surface area contributed by atoms with Gasteiger partial charge in [0.15, 0.2) is 0 Å². The van der Waals surface area contributed by atoms with E-state index in [0.29, 0.717) is 5.92 Å². The third kappa shape index (κ3) is 3.84. The van der Waals surface area contributed by atoms with Gasteiger partial charge in [0.05, 0.1) is 11.7 Å². The van der Waals surface area contributed by atoms with Gasteiger partial charge in [0.1, 0.15) is 0 Å². The summed E-state index contributed by atoms with van der Waals surface area (Å²) in [6.07, 6.45) is 4.02. The van der Waals surface area contributed by atoms with Crippen molar-refractivity contribution < 1.29 is 0 Å². The van der Waals surface area contributed by atoms with Crippen LogP contribution in [0.5, 0.6) is 0 Å². The van der Waals surface area contributed by atoms with E-state index in [1.54, 1.807) is 10.7 Å². The molecule has 0 saturated heterocycles. The molecule has 138 valence electrons. The summed E-state index contributed by atoms with van der Waals surface area (Å²) >= 11 is 6.14. The molecule has 4 heteroatoms. The van der Waals surface area contributed by atoms with Gasteiger partial charge in [0, 0.05) is 16.7 Å². The summed E-state index contributed by atoms with van der Waals surface area (Å²) in [5.74, 6) is 0.509. The van der Waals surface area contributed by atoms with E-state index in [1.165, 1.54) is 11.1 Å². The van der Waals surface area contributed by atoms with E-state index in [1.807, 2.05) is 30.3 Å². The molecule has 1 aliphatic carbocycles. The molecule has 0 radical (unpaired) electrons. The Morgan fingerprint density at radius 3 is 2.48 bits per heavy atom. The van der Waals surface area contributed by atoms with Gasteiger partial charge in [0.2, 0.25) is 0 Å². The minimum atomic E-state index is -0.0152. The zero-order valence-electron chi connectivity index (χ0n) is 15.4. The Morgan fingerprint density at radius 2 is 1.74 bits per heavy atom. The Bertz CT molecular complexity index is 1000. The standard InChI is InChI=1S/C23H23ClN2O/c1-16-5-2-3-8-21(16)22-13-14-23(27)26(25-22)20-11-9-17(10-12-20)18-6-4-7-19(24)15-18/h2-8,13-15,17,20H,9-12H2,1H3. The predicted octanol–water partition coefficient (Wildman–Crippen LogP) is 5.77. The second-order valence-electron chi connectivity index (χ2n) is 7.38. The third-order valence-electron chi connectivity index (χ3n) is 5.61. The van der Waals surface area contributed by atoms with E-state index in [2.05, 4.69) is 31.2 Å². The number of hydrogen-bond donors (Lipinski definition) is 0. The Labute approximate surface area is 164 Å². The molecule has 27 heavy (non-hydrogen) atoms. The Morgan fingerprint density at radius 1 is 0.963 bits per heavy atom. The van der Waals surface area contributed by atoms with Crippen LogP contribution in [0.1, 0.15) is 48.8 Å². The van der Waals surface area contributed by atoms with Crippen LogP contribution in [0, 0.1) is 6.92 Å². The SMILES string of the molecule is Cc1ccccc1-c1ccc(=O)n(C2CCC(c3cccc(Cl)c3)CC2)n1. The molecule has 0 atom stereocenters. The van der Waals surface area contributed by atoms with Crippen LogP contribution in [0.25, 0.3) is 11.3 Å². The second kappa shape index (κ2) is 7.69. The average molecular weight is 379 g/mol. The first-order chi connectivity index (χ1) is 13.1. The maximum atomic E-state index is 12.5. The minimum Gasteiger partial charge on any atom is -0.268 e. The van der Waals surface area contributed by atoms with Crippen molar-refractivity contribution in [3.63, 3.8) is 0 Å². The summed E-state index contributed by atoms with van der Waals surface area (Å²) in [5.41, 5.74) is 4.40. The summed E-state index contributed by atoms with van der Waals surface area (Å²) in [6.45, 7) is 2.07. The van der Waals surface area contributed by atoms with Gasteiger partial charge >= 0.3 is 0 Å². The van der Waals surface area contributed by atoms with E-state index < -0.39 is 0 Å². The number of aromatic nitrogens is 2. The van der Waals surface area contributed by atoms with Crippen LogP contribution in [-0.4, -0.2) is 9.78 Å². The molecule has 0 unspecified atom stereocenters. The minimum absolute atomic E-state index is 0.0152. The van der Waals surface area contributed by atoms with Crippen molar-refractivity contribution in [1.82, 2.24) is 9.78 Å². The lowest BCUT2D eigenvalue weighted by molar-refractivity contribution is 0.295. The van der Waals surface area contributed by atoms with Gasteiger partial charge in [-0.15, -0.1) is 0 Å². The molecule has 3 aromatic rings. The molecule has 0 N–H and O–H groups in total. The van der Waals surface area contributed by atoms with Crippen LogP contribution in [-0.2, 0) is 0 Å². The summed E-state index contributed by atoms with van der Waals surface area (Å²) < 4.78 is 1.70. The van der Waals surface area contributed by atoms with Crippen LogP contribution in [0.4, 0.5) is 0 Å². The Hall–Kier alpha value is -2.39. The van der Waals surface area contributed by atoms with Gasteiger partial charge in [-0.05, 0) is 67.9 Å². The van der Waals surface area contributed by atoms with Crippen LogP contribution in [0.2, 0.25) is 5.02 Å². The molecule has 0 bridgehead atoms. The summed E-state index contributed by atoms with van der Waals surface area (Å²) in [6, 6.07) is 20.0. The number of rotatable bonds is 3. The van der Waals surface area contributed by atoms with Crippen molar-refractivity contribution in [3.8, 4) is 11.3 Å². The van der Waals surface area contributed by atoms with Gasteiger partial charge in [-0.25, -0.2) is 4.68 Å². The lowest BCUT2D eigenvalue weighted by atomic mass is 9.82. The quantitative estimate of drug-likeness (QED) is 0.579. The predicted molar refractivity (Wildman–Crippen MR) is 110 cm³/mol. The van der Waals surface area contributed by atoms with Crippen LogP contribution < -0.4 is 5.56 Å². The van der Waals surface area contributed by atoms with Gasteiger partial charge < -0.3 is 0 Å². The van der Waals surface area contributed by atoms with Crippen molar-refractivity contribution >= 4 is 11.6 Å². The smallest absolute Gasteiger partial charge is 0.267 e. The van der Waals surface area contributed by atoms with Crippen molar-refractivity contribution in [2.45, 2.75) is 44.6 Å². The van der Waals surface area contributed by atoms with Crippen LogP contribution >= 0.6 is 11.6 Å². The molecule has 0 spiro atoms. The average Bonchev–Trinajstić information content (AvgIpc) is 2.69. The highest BCUT2D eigenvalue weighted by atomic mass is 35.5. The van der Waals surface area contributed by atoms with Gasteiger partial charge in [-0.3, -0.25) is 4.79 Å². The normalized spacial score (nSPS) is 19.8. The van der Waals surface area contributed by atoms with Crippen molar-refractivity contribution in [1.29, 1.82) is 0 Å². The molecule has 4 rings (SSSR count). The first kappa shape index (κ1) is 18.0. The topological polar surface area (TPSA) is 34.9 Å². The zero-order chi connectivity index (χ0) is 18.8. The molecule has 3 nitrogen and oxygen atoms in total. The van der Waals surface area contributed by atoms with Crippen molar-refractivity contribution in [2.75, 3.05) is 0 Å². The monoisotopic (exact) mass is 378 g/mol. The molecule has 0 amide bonds. The molecule has 1 heterocycles. The van der Waals surface area contributed by atoms with Gasteiger partial charge in [-0.2, -0.15) is 5.10 Å². The molecule has 1 fully saturated rings. The van der Waals surface area contributed by atoms with E-state index >= 15 is 0 Å². The highest BCUT2D eigenvalue weighted by Gasteiger charge is 2.25. The van der Waals surface area contributed by atoms with E-state index in [0.717, 1.165) is 42.0 Å². The molecule has 0 aliphatic heterocycles. The van der Waals surface area contributed by atoms with Crippen molar-refractivity contribution in [3.05, 3.63) is 87.2 Å². The highest BCUT2D eigenvalue weighted by molar-refractivity contribution is 6.30. The summed E-state index contributed by atoms with van der Waals surface area (Å²) in [4.78, 5) is 12.5. The van der Waals surface area contributed by atoms with Gasteiger partial charge in [-0.1, -0.05) is 48.0 Å². The molecule has 2 aromatic carbocycles. The van der Waals surface area contributed by atoms with E-state index in [4.69, 9.17) is 16.7 Å². The fourth-order valence-corrected chi connectivity index (χ4v) is 4.30. The fraction of sp³-hybridized carbons (Fsp3) is 0.304. The van der Waals surface area contributed by atoms with E-state index in [-0.39, 0.29) is 11.6 Å². The Kier molecular flexibility index (Phi) is 5.13. The first-order valence-corrected chi connectivity index (χ1v) is 9.91. The molecular formula is C23H23ClN2O. The van der Waals surface area contributed by atoms with Crippen molar-refractivity contribution in [2.24, 2.45) is 0 Å². The summed E-state index contributed by atoms with van der Waals surface area (Å²) in [7, 11) is 0. The first-order valence-electron chi connectivity index (χ1n) is 9.53. The van der Waals surface area contributed by atoms with Crippen LogP contribution in [0.15, 0.2) is 65.5 Å². The second-order valence-corrected chi connectivity index (χ2v) is 7.81. The third-order valence-corrected chi connectivity index (χ3v) is 5.84. The molecule has 1 aliphatic rings. The van der Waals surface area contributed by atoms with Crippen LogP contribution in [0.3, 0.4) is 0 Å². The number of benzene rings is 2. The molecular weight excluding hydrogens is 356 g/mol. The Balaban J connectivity index is 1.55. The number of halogens is 1. The maximum Gasteiger partial charge on any atom is 0.267 e. The largest absolute Gasteiger partial charge is 0.268 e. The number of aryl methyl sites for hydroxylation is 1. The van der Waals surface area contributed by atoms with Gasteiger partial charge in [0.25, 0.3) is 5.56 Å². The summed E-state index contributed by atoms with van der Waals surface area (Å²) in [5, 5.41) is 5.51. The highest BCUT2D eigenvalue weighted by Crippen LogP contribution is 2.38. The zero-order valence-corrected chi connectivity index (χ0v) is 16.2. The molecule has 1 aromatic heterocycles.